The third-order valence-electron chi connectivity index (χ3n) is 1.98. The third kappa shape index (κ3) is 3.36. The number of aliphatic hydroxyl groups is 1. The Morgan fingerprint density at radius 2 is 2.54 bits per heavy atom. The van der Waals surface area contributed by atoms with Crippen molar-refractivity contribution in [2.45, 2.75) is 25.6 Å². The van der Waals surface area contributed by atoms with Crippen molar-refractivity contribution in [1.82, 2.24) is 0 Å². The predicted molar refractivity (Wildman–Crippen MR) is 47.9 cm³/mol. The van der Waals surface area contributed by atoms with E-state index < -0.39 is 6.00 Å². The van der Waals surface area contributed by atoms with Crippen LogP contribution in [0.15, 0.2) is 0 Å². The maximum absolute atomic E-state index is 6.57. The normalized spacial score (nSPS) is 39.3. The van der Waals surface area contributed by atoms with Gasteiger partial charge in [0.25, 0.3) is 0 Å². The fourth-order valence-electron chi connectivity index (χ4n) is 1.30. The molecule has 0 spiro atoms. The standard InChI is InChI=1S/C7H12BO3.CH4.W/c1-4-6(10-2)5(3-9)11-7(4)8;;/h4-7,9H,1,3H2,2H3;1H4;/q-1;;/t4-,5+,6?,7+;;/m0../s1/i9D;1T;. The molecule has 2 radical (unpaired) electrons. The molecule has 1 rings (SSSR count). The molecule has 76 valence electrons. The quantitative estimate of drug-likeness (QED) is 0.569. The van der Waals surface area contributed by atoms with Gasteiger partial charge in [0, 0.05) is 29.5 Å². The molecule has 4 atom stereocenters. The minimum Gasteiger partial charge on any atom is -0.394 e. The van der Waals surface area contributed by atoms with Crippen molar-refractivity contribution < 1.29 is 37.0 Å². The summed E-state index contributed by atoms with van der Waals surface area (Å²) < 4.78 is 22.7. The maximum Gasteiger partial charge on any atom is 0.210 e. The fourth-order valence-corrected chi connectivity index (χ4v) is 1.30. The molecule has 0 amide bonds. The van der Waals surface area contributed by atoms with Gasteiger partial charge < -0.3 is 21.5 Å². The van der Waals surface area contributed by atoms with Crippen LogP contribution in [-0.2, 0) is 30.5 Å². The molecule has 1 fully saturated rings. The molecule has 0 aromatic carbocycles. The van der Waals surface area contributed by atoms with Gasteiger partial charge >= 0.3 is 0 Å². The van der Waals surface area contributed by atoms with Gasteiger partial charge in [-0.05, 0) is 6.00 Å². The van der Waals surface area contributed by atoms with E-state index in [0.717, 1.165) is 0 Å². The molecule has 0 aromatic heterocycles. The minimum atomic E-state index is -0.421. The second-order valence-electron chi connectivity index (χ2n) is 2.67. The molecular weight excluding hydrogens is 339 g/mol. The maximum atomic E-state index is 6.57. The summed E-state index contributed by atoms with van der Waals surface area (Å²) in [4.78, 5) is 0. The molecule has 0 saturated carbocycles. The van der Waals surface area contributed by atoms with Crippen LogP contribution in [-0.4, -0.2) is 46.3 Å². The summed E-state index contributed by atoms with van der Waals surface area (Å²) >= 11 is 0. The van der Waals surface area contributed by atoms with E-state index >= 15 is 0 Å². The van der Waals surface area contributed by atoms with Crippen LogP contribution < -0.4 is 0 Å². The average Bonchev–Trinajstić information content (AvgIpc) is 2.46. The second-order valence-corrected chi connectivity index (χ2v) is 2.67. The van der Waals surface area contributed by atoms with E-state index in [9.17, 15) is 0 Å². The summed E-state index contributed by atoms with van der Waals surface area (Å²) in [6, 6.07) is -0.421. The molecule has 0 aromatic rings. The summed E-state index contributed by atoms with van der Waals surface area (Å²) in [5, 5.41) is 4.22. The van der Waals surface area contributed by atoms with Crippen molar-refractivity contribution >= 4 is 7.85 Å². The summed E-state index contributed by atoms with van der Waals surface area (Å²) in [7, 11) is 8.40. The van der Waals surface area contributed by atoms with Crippen molar-refractivity contribution in [1.29, 1.82) is 1.43 Å². The Labute approximate surface area is 98.8 Å². The van der Waals surface area contributed by atoms with Crippen molar-refractivity contribution in [3.63, 3.8) is 0 Å². The molecule has 1 N–H and O–H groups in total. The number of hydrogen-bond acceptors (Lipinski definition) is 3. The van der Waals surface area contributed by atoms with Crippen LogP contribution in [0, 0.1) is 12.8 Å². The molecule has 1 aliphatic heterocycles. The van der Waals surface area contributed by atoms with Gasteiger partial charge in [-0.15, -0.1) is 5.92 Å². The van der Waals surface area contributed by atoms with E-state index in [1.54, 1.807) is 7.11 Å². The molecule has 13 heavy (non-hydrogen) atoms. The molecule has 1 heterocycles. The topological polar surface area (TPSA) is 38.7 Å². The first-order valence-electron chi connectivity index (χ1n) is 4.96. The van der Waals surface area contributed by atoms with Crippen LogP contribution in [0.4, 0.5) is 0 Å². The Balaban J connectivity index is 0. The van der Waals surface area contributed by atoms with E-state index in [4.69, 9.17) is 20.1 Å². The Hall–Kier alpha value is 0.633. The van der Waals surface area contributed by atoms with Crippen molar-refractivity contribution in [3.8, 4) is 0 Å². The van der Waals surface area contributed by atoms with E-state index in [1.807, 2.05) is 0 Å². The molecule has 1 unspecified atom stereocenters. The van der Waals surface area contributed by atoms with E-state index in [0.29, 0.717) is 0 Å². The first-order valence-corrected chi connectivity index (χ1v) is 3.55. The number of methoxy groups -OCH3 is 1. The van der Waals surface area contributed by atoms with Crippen LogP contribution in [0.1, 0.15) is 8.77 Å². The molecule has 0 aliphatic carbocycles. The minimum absolute atomic E-state index is 0. The summed E-state index contributed by atoms with van der Waals surface area (Å²) in [6.45, 7) is 3.98. The summed E-state index contributed by atoms with van der Waals surface area (Å²) in [6.07, 6.45) is -0.449. The van der Waals surface area contributed by atoms with Crippen LogP contribution in [0.25, 0.3) is 0 Å². The van der Waals surface area contributed by atoms with E-state index in [2.05, 4.69) is 12.0 Å². The first kappa shape index (κ1) is 11.7. The third-order valence-corrected chi connectivity index (χ3v) is 1.98. The average molecular weight is 358 g/mol. The smallest absolute Gasteiger partial charge is 0.210 e. The number of ether oxygens (including phenoxy) is 2. The zero-order valence-electron chi connectivity index (χ0n) is 9.93. The Kier molecular flexibility index (Phi) is 6.30. The molecular formula is C8H16BO3W-. The van der Waals surface area contributed by atoms with Gasteiger partial charge in [0.15, 0.2) is 0 Å². The monoisotopic (exact) mass is 358 g/mol. The first-order chi connectivity index (χ1) is 6.70. The van der Waals surface area contributed by atoms with Crippen molar-refractivity contribution in [3.05, 3.63) is 6.92 Å². The van der Waals surface area contributed by atoms with Gasteiger partial charge in [-0.25, -0.2) is 0 Å². The Morgan fingerprint density at radius 1 is 1.92 bits per heavy atom. The zero-order valence-corrected chi connectivity index (χ0v) is 10.9. The molecule has 1 saturated heterocycles. The van der Waals surface area contributed by atoms with Gasteiger partial charge in [0.2, 0.25) is 1.43 Å². The molecule has 5 heteroatoms. The number of hydrogen-bond donors (Lipinski definition) is 1. The molecule has 0 bridgehead atoms. The van der Waals surface area contributed by atoms with Crippen LogP contribution in [0.5, 0.6) is 0 Å². The fraction of sp³-hybridized carbons (Fsp3) is 0.875. The van der Waals surface area contributed by atoms with E-state index in [-0.39, 0.29) is 45.8 Å². The zero-order chi connectivity index (χ0) is 11.1. The van der Waals surface area contributed by atoms with Crippen molar-refractivity contribution in [2.24, 2.45) is 5.92 Å². The Morgan fingerprint density at radius 3 is 3.00 bits per heavy atom. The van der Waals surface area contributed by atoms with Gasteiger partial charge in [-0.1, -0.05) is 7.40 Å². The SMILES string of the molecule is [2H]OC[C@H]1O[C@@H]([B])[C@@H]([CH2-])C1OC.[3H]C.[W]. The Bertz CT molecular complexity index is 156. The largest absolute Gasteiger partial charge is 0.394 e. The summed E-state index contributed by atoms with van der Waals surface area (Å²) in [5.74, 6) is -0.102. The van der Waals surface area contributed by atoms with E-state index in [1.165, 1.54) is 7.40 Å². The predicted octanol–water partition coefficient (Wildman–Crippen LogP) is -0.0290. The van der Waals surface area contributed by atoms with Crippen molar-refractivity contribution in [2.75, 3.05) is 13.7 Å². The number of aliphatic hydroxyl groups excluding tert-OH is 1. The van der Waals surface area contributed by atoms with Crippen LogP contribution in [0.3, 0.4) is 0 Å². The van der Waals surface area contributed by atoms with Gasteiger partial charge in [-0.3, -0.25) is 0 Å². The van der Waals surface area contributed by atoms with Gasteiger partial charge in [-0.2, -0.15) is 0 Å². The molecule has 1 aliphatic rings. The van der Waals surface area contributed by atoms with Gasteiger partial charge in [0.05, 0.1) is 12.7 Å². The van der Waals surface area contributed by atoms with Gasteiger partial charge in [0.1, 0.15) is 14.0 Å². The number of rotatable bonds is 3. The summed E-state index contributed by atoms with van der Waals surface area (Å²) in [5.41, 5.74) is 0. The van der Waals surface area contributed by atoms with Crippen LogP contribution >= 0.6 is 0 Å². The molecule has 3 nitrogen and oxygen atoms in total. The van der Waals surface area contributed by atoms with Crippen LogP contribution in [0.2, 0.25) is 0 Å². The second kappa shape index (κ2) is 7.00.